The van der Waals surface area contributed by atoms with Crippen LogP contribution >= 0.6 is 15.9 Å². The molecule has 0 aliphatic heterocycles. The maximum absolute atomic E-state index is 12.9. The number of aliphatic carboxylic acids is 1. The normalized spacial score (nSPS) is 12.2. The topological polar surface area (TPSA) is 50.2 Å². The van der Waals surface area contributed by atoms with E-state index in [0.29, 0.717) is 5.69 Å². The number of benzene rings is 1. The Balaban J connectivity index is 2.29. The third-order valence-electron chi connectivity index (χ3n) is 3.08. The van der Waals surface area contributed by atoms with Crippen molar-refractivity contribution in [3.05, 3.63) is 63.6 Å². The zero-order valence-electron chi connectivity index (χ0n) is 10.8. The second-order valence-electron chi connectivity index (χ2n) is 4.58. The SMILES string of the molecule is Cc1cc(C(Cc2ccc(F)cc2)C(=O)O)ncc1Br. The van der Waals surface area contributed by atoms with Crippen LogP contribution in [0.4, 0.5) is 4.39 Å². The van der Waals surface area contributed by atoms with Gasteiger partial charge in [-0.3, -0.25) is 9.78 Å². The Morgan fingerprint density at radius 3 is 2.60 bits per heavy atom. The molecule has 1 aromatic carbocycles. The minimum absolute atomic E-state index is 0.281. The lowest BCUT2D eigenvalue weighted by Gasteiger charge is -2.13. The number of halogens is 2. The van der Waals surface area contributed by atoms with Gasteiger partial charge in [0.2, 0.25) is 0 Å². The van der Waals surface area contributed by atoms with Crippen molar-refractivity contribution in [3.63, 3.8) is 0 Å². The molecule has 2 aromatic rings. The first-order chi connectivity index (χ1) is 9.47. The van der Waals surface area contributed by atoms with E-state index < -0.39 is 11.9 Å². The van der Waals surface area contributed by atoms with Crippen LogP contribution in [0.5, 0.6) is 0 Å². The Labute approximate surface area is 124 Å². The van der Waals surface area contributed by atoms with Crippen LogP contribution in [0, 0.1) is 12.7 Å². The van der Waals surface area contributed by atoms with E-state index in [4.69, 9.17) is 0 Å². The molecule has 20 heavy (non-hydrogen) atoms. The smallest absolute Gasteiger partial charge is 0.312 e. The molecule has 1 N–H and O–H groups in total. The van der Waals surface area contributed by atoms with Crippen molar-refractivity contribution in [2.24, 2.45) is 0 Å². The van der Waals surface area contributed by atoms with Crippen LogP contribution in [0.15, 0.2) is 41.0 Å². The first-order valence-electron chi connectivity index (χ1n) is 6.06. The summed E-state index contributed by atoms with van der Waals surface area (Å²) in [7, 11) is 0. The van der Waals surface area contributed by atoms with Gasteiger partial charge < -0.3 is 5.11 Å². The number of carboxylic acids is 1. The van der Waals surface area contributed by atoms with E-state index in [9.17, 15) is 14.3 Å². The monoisotopic (exact) mass is 337 g/mol. The fourth-order valence-corrected chi connectivity index (χ4v) is 2.14. The summed E-state index contributed by atoms with van der Waals surface area (Å²) in [4.78, 5) is 15.6. The van der Waals surface area contributed by atoms with Gasteiger partial charge in [0.15, 0.2) is 0 Å². The Morgan fingerprint density at radius 2 is 2.05 bits per heavy atom. The molecule has 0 saturated carbocycles. The summed E-state index contributed by atoms with van der Waals surface area (Å²) in [5, 5.41) is 9.38. The van der Waals surface area contributed by atoms with Crippen LogP contribution in [-0.2, 0) is 11.2 Å². The molecule has 1 aromatic heterocycles. The van der Waals surface area contributed by atoms with Crippen LogP contribution in [0.3, 0.4) is 0 Å². The van der Waals surface area contributed by atoms with Crippen molar-refractivity contribution in [2.45, 2.75) is 19.3 Å². The van der Waals surface area contributed by atoms with Gasteiger partial charge in [0, 0.05) is 10.7 Å². The minimum Gasteiger partial charge on any atom is -0.481 e. The Kier molecular flexibility index (Phi) is 4.49. The van der Waals surface area contributed by atoms with Crippen molar-refractivity contribution in [1.82, 2.24) is 4.98 Å². The van der Waals surface area contributed by atoms with Crippen molar-refractivity contribution >= 4 is 21.9 Å². The lowest BCUT2D eigenvalue weighted by molar-refractivity contribution is -0.138. The Bertz CT molecular complexity index is 628. The van der Waals surface area contributed by atoms with Gasteiger partial charge in [-0.1, -0.05) is 12.1 Å². The van der Waals surface area contributed by atoms with E-state index in [1.807, 2.05) is 6.92 Å². The second kappa shape index (κ2) is 6.13. The maximum atomic E-state index is 12.9. The van der Waals surface area contributed by atoms with Crippen molar-refractivity contribution < 1.29 is 14.3 Å². The number of hydrogen-bond acceptors (Lipinski definition) is 2. The van der Waals surface area contributed by atoms with Gasteiger partial charge in [-0.2, -0.15) is 0 Å². The molecule has 0 bridgehead atoms. The number of nitrogens with zero attached hydrogens (tertiary/aromatic N) is 1. The van der Waals surface area contributed by atoms with Gasteiger partial charge in [-0.15, -0.1) is 0 Å². The number of pyridine rings is 1. The molecule has 2 rings (SSSR count). The number of rotatable bonds is 4. The molecule has 0 fully saturated rings. The highest BCUT2D eigenvalue weighted by Gasteiger charge is 2.22. The van der Waals surface area contributed by atoms with Crippen molar-refractivity contribution in [2.75, 3.05) is 0 Å². The molecule has 0 aliphatic rings. The molecule has 1 heterocycles. The summed E-state index contributed by atoms with van der Waals surface area (Å²) >= 11 is 3.34. The number of aromatic nitrogens is 1. The highest BCUT2D eigenvalue weighted by Crippen LogP contribution is 2.23. The molecule has 0 aliphatic carbocycles. The standard InChI is InChI=1S/C15H13BrFNO2/c1-9-6-14(18-8-13(9)16)12(15(19)20)7-10-2-4-11(17)5-3-10/h2-6,8,12H,7H2,1H3,(H,19,20). The van der Waals surface area contributed by atoms with Gasteiger partial charge in [0.05, 0.1) is 5.69 Å². The van der Waals surface area contributed by atoms with Crippen LogP contribution in [-0.4, -0.2) is 16.1 Å². The largest absolute Gasteiger partial charge is 0.481 e. The van der Waals surface area contributed by atoms with E-state index in [1.54, 1.807) is 24.4 Å². The van der Waals surface area contributed by atoms with Gasteiger partial charge in [-0.05, 0) is 58.6 Å². The van der Waals surface area contributed by atoms with Crippen LogP contribution in [0.2, 0.25) is 0 Å². The van der Waals surface area contributed by atoms with E-state index >= 15 is 0 Å². The summed E-state index contributed by atoms with van der Waals surface area (Å²) in [5.74, 6) is -2.02. The predicted molar refractivity (Wildman–Crippen MR) is 77.2 cm³/mol. The molecule has 1 atom stereocenters. The molecule has 0 amide bonds. The van der Waals surface area contributed by atoms with Gasteiger partial charge >= 0.3 is 5.97 Å². The van der Waals surface area contributed by atoms with Crippen molar-refractivity contribution in [1.29, 1.82) is 0 Å². The number of carbonyl (C=O) groups is 1. The van der Waals surface area contributed by atoms with Gasteiger partial charge in [0.1, 0.15) is 11.7 Å². The quantitative estimate of drug-likeness (QED) is 0.925. The fourth-order valence-electron chi connectivity index (χ4n) is 1.93. The molecular weight excluding hydrogens is 325 g/mol. The van der Waals surface area contributed by atoms with Crippen LogP contribution in [0.1, 0.15) is 22.7 Å². The average Bonchev–Trinajstić information content (AvgIpc) is 2.41. The molecule has 0 radical (unpaired) electrons. The molecule has 1 unspecified atom stereocenters. The molecule has 104 valence electrons. The van der Waals surface area contributed by atoms with E-state index in [2.05, 4.69) is 20.9 Å². The Morgan fingerprint density at radius 1 is 1.40 bits per heavy atom. The number of aryl methyl sites for hydroxylation is 1. The second-order valence-corrected chi connectivity index (χ2v) is 5.43. The fraction of sp³-hybridized carbons (Fsp3) is 0.200. The highest BCUT2D eigenvalue weighted by atomic mass is 79.9. The summed E-state index contributed by atoms with van der Waals surface area (Å²) in [5.41, 5.74) is 2.20. The first-order valence-corrected chi connectivity index (χ1v) is 6.86. The molecule has 3 nitrogen and oxygen atoms in total. The molecule has 0 saturated heterocycles. The minimum atomic E-state index is -0.941. The third-order valence-corrected chi connectivity index (χ3v) is 3.91. The zero-order chi connectivity index (χ0) is 14.7. The van der Waals surface area contributed by atoms with Crippen molar-refractivity contribution in [3.8, 4) is 0 Å². The Hall–Kier alpha value is -1.75. The summed E-state index contributed by atoms with van der Waals surface area (Å²) in [6.45, 7) is 1.88. The van der Waals surface area contributed by atoms with Gasteiger partial charge in [-0.25, -0.2) is 4.39 Å². The third kappa shape index (κ3) is 3.42. The summed E-state index contributed by atoms with van der Waals surface area (Å²) < 4.78 is 13.7. The molecular formula is C15H13BrFNO2. The summed E-state index contributed by atoms with van der Waals surface area (Å²) in [6, 6.07) is 7.60. The van der Waals surface area contributed by atoms with E-state index in [-0.39, 0.29) is 12.2 Å². The summed E-state index contributed by atoms with van der Waals surface area (Å²) in [6.07, 6.45) is 1.88. The highest BCUT2D eigenvalue weighted by molar-refractivity contribution is 9.10. The number of carboxylic acid groups (broad SMARTS) is 1. The van der Waals surface area contributed by atoms with Crippen LogP contribution < -0.4 is 0 Å². The lowest BCUT2D eigenvalue weighted by atomic mass is 9.95. The van der Waals surface area contributed by atoms with E-state index in [1.165, 1.54) is 12.1 Å². The maximum Gasteiger partial charge on any atom is 0.312 e. The zero-order valence-corrected chi connectivity index (χ0v) is 12.4. The van der Waals surface area contributed by atoms with Crippen LogP contribution in [0.25, 0.3) is 0 Å². The van der Waals surface area contributed by atoms with E-state index in [0.717, 1.165) is 15.6 Å². The first kappa shape index (κ1) is 14.7. The molecule has 0 spiro atoms. The average molecular weight is 338 g/mol. The predicted octanol–water partition coefficient (Wildman–Crippen LogP) is 3.70. The lowest BCUT2D eigenvalue weighted by Crippen LogP contribution is -2.16. The van der Waals surface area contributed by atoms with Gasteiger partial charge in [0.25, 0.3) is 0 Å². The number of hydrogen-bond donors (Lipinski definition) is 1. The molecule has 5 heteroatoms.